The number of nitrogens with zero attached hydrogens (tertiary/aromatic N) is 2. The van der Waals surface area contributed by atoms with Gasteiger partial charge in [0.15, 0.2) is 0 Å². The van der Waals surface area contributed by atoms with Crippen molar-refractivity contribution < 1.29 is 14.7 Å². The molecule has 1 saturated heterocycles. The van der Waals surface area contributed by atoms with Crippen LogP contribution in [0.2, 0.25) is 0 Å². The molecule has 7 heteroatoms. The third-order valence-corrected chi connectivity index (χ3v) is 6.50. The van der Waals surface area contributed by atoms with Crippen LogP contribution in [-0.2, 0) is 9.59 Å². The van der Waals surface area contributed by atoms with E-state index in [0.29, 0.717) is 10.8 Å². The van der Waals surface area contributed by atoms with E-state index in [0.717, 1.165) is 28.6 Å². The Morgan fingerprint density at radius 2 is 2.15 bits per heavy atom. The van der Waals surface area contributed by atoms with Crippen LogP contribution in [-0.4, -0.2) is 45.3 Å². The van der Waals surface area contributed by atoms with Crippen LogP contribution in [0.4, 0.5) is 5.69 Å². The van der Waals surface area contributed by atoms with Crippen LogP contribution in [0, 0.1) is 0 Å². The summed E-state index contributed by atoms with van der Waals surface area (Å²) < 4.78 is 0.288. The van der Waals surface area contributed by atoms with Crippen molar-refractivity contribution in [1.29, 1.82) is 0 Å². The standard InChI is InChI=1S/C19H22N2O3S2/c1-11-9-19(2,3)20(4)14-6-5-12(7-13(11)14)8-15-17(24)21(10-16(22)23)18(25)26-15/h5-8,11H,9-10H2,1-4H3,(H,22,23)/b15-8+. The van der Waals surface area contributed by atoms with Gasteiger partial charge in [0.25, 0.3) is 5.91 Å². The predicted octanol–water partition coefficient (Wildman–Crippen LogP) is 3.69. The minimum Gasteiger partial charge on any atom is -0.480 e. The minimum atomic E-state index is -1.07. The van der Waals surface area contributed by atoms with Crippen molar-refractivity contribution in [2.45, 2.75) is 38.6 Å². The van der Waals surface area contributed by atoms with Crippen LogP contribution in [0.1, 0.15) is 44.2 Å². The fourth-order valence-electron chi connectivity index (χ4n) is 3.61. The molecule has 1 aromatic rings. The number of thiocarbonyl (C=S) groups is 1. The Bertz CT molecular complexity index is 832. The van der Waals surface area contributed by atoms with Crippen molar-refractivity contribution in [3.8, 4) is 0 Å². The number of amides is 1. The van der Waals surface area contributed by atoms with E-state index >= 15 is 0 Å². The maximum atomic E-state index is 12.4. The number of fused-ring (bicyclic) bond motifs is 1. The molecule has 0 aromatic heterocycles. The molecular formula is C19H22N2O3S2. The third-order valence-electron chi connectivity index (χ3n) is 5.12. The molecule has 0 radical (unpaired) electrons. The normalized spacial score (nSPS) is 23.5. The molecule has 1 N–H and O–H groups in total. The van der Waals surface area contributed by atoms with E-state index in [-0.39, 0.29) is 15.8 Å². The zero-order chi connectivity index (χ0) is 19.2. The van der Waals surface area contributed by atoms with Gasteiger partial charge in [0.05, 0.1) is 4.91 Å². The molecule has 2 aliphatic rings. The van der Waals surface area contributed by atoms with E-state index in [9.17, 15) is 9.59 Å². The molecule has 26 heavy (non-hydrogen) atoms. The highest BCUT2D eigenvalue weighted by molar-refractivity contribution is 8.26. The summed E-state index contributed by atoms with van der Waals surface area (Å²) in [6.45, 7) is 6.31. The van der Waals surface area contributed by atoms with E-state index in [4.69, 9.17) is 17.3 Å². The van der Waals surface area contributed by atoms with Gasteiger partial charge in [-0.3, -0.25) is 14.5 Å². The number of carboxylic acid groups (broad SMARTS) is 1. The maximum Gasteiger partial charge on any atom is 0.323 e. The van der Waals surface area contributed by atoms with E-state index in [1.165, 1.54) is 11.3 Å². The van der Waals surface area contributed by atoms with Gasteiger partial charge in [-0.1, -0.05) is 37.0 Å². The first-order valence-corrected chi connectivity index (χ1v) is 9.67. The van der Waals surface area contributed by atoms with Crippen molar-refractivity contribution in [3.63, 3.8) is 0 Å². The number of carboxylic acids is 1. The van der Waals surface area contributed by atoms with Crippen LogP contribution in [0.5, 0.6) is 0 Å². The summed E-state index contributed by atoms with van der Waals surface area (Å²) in [5.74, 6) is -0.992. The van der Waals surface area contributed by atoms with E-state index < -0.39 is 12.5 Å². The van der Waals surface area contributed by atoms with Gasteiger partial charge in [0.1, 0.15) is 10.9 Å². The van der Waals surface area contributed by atoms with Gasteiger partial charge >= 0.3 is 5.97 Å². The highest BCUT2D eigenvalue weighted by atomic mass is 32.2. The summed E-state index contributed by atoms with van der Waals surface area (Å²) in [6, 6.07) is 6.21. The Kier molecular flexibility index (Phi) is 4.88. The molecule has 0 aliphatic carbocycles. The summed E-state index contributed by atoms with van der Waals surface area (Å²) >= 11 is 6.30. The van der Waals surface area contributed by atoms with Gasteiger partial charge in [-0.2, -0.15) is 0 Å². The number of rotatable bonds is 3. The number of aliphatic carboxylic acids is 1. The number of hydrogen-bond acceptors (Lipinski definition) is 5. The maximum absolute atomic E-state index is 12.4. The topological polar surface area (TPSA) is 60.9 Å². The molecule has 2 aliphatic heterocycles. The first-order valence-electron chi connectivity index (χ1n) is 8.45. The fourth-order valence-corrected chi connectivity index (χ4v) is 4.86. The SMILES string of the molecule is CC1CC(C)(C)N(C)c2ccc(/C=C3/SC(=S)N(CC(=O)O)C3=O)cc21. The first kappa shape index (κ1) is 18.9. The zero-order valence-electron chi connectivity index (χ0n) is 15.3. The van der Waals surface area contributed by atoms with Gasteiger partial charge in [-0.15, -0.1) is 0 Å². The van der Waals surface area contributed by atoms with Crippen LogP contribution in [0.25, 0.3) is 6.08 Å². The molecule has 1 fully saturated rings. The van der Waals surface area contributed by atoms with Crippen molar-refractivity contribution in [1.82, 2.24) is 4.90 Å². The Morgan fingerprint density at radius 3 is 2.81 bits per heavy atom. The number of benzene rings is 1. The molecular weight excluding hydrogens is 368 g/mol. The van der Waals surface area contributed by atoms with Crippen LogP contribution in [0.15, 0.2) is 23.1 Å². The molecule has 1 amide bonds. The Morgan fingerprint density at radius 1 is 1.46 bits per heavy atom. The number of carbonyl (C=O) groups excluding carboxylic acids is 1. The lowest BCUT2D eigenvalue weighted by Crippen LogP contribution is -2.45. The summed E-state index contributed by atoms with van der Waals surface area (Å²) in [7, 11) is 2.11. The lowest BCUT2D eigenvalue weighted by molar-refractivity contribution is -0.140. The van der Waals surface area contributed by atoms with Gasteiger partial charge in [0.2, 0.25) is 0 Å². The van der Waals surface area contributed by atoms with E-state index in [1.807, 2.05) is 6.07 Å². The number of anilines is 1. The Balaban J connectivity index is 1.92. The fraction of sp³-hybridized carbons (Fsp3) is 0.421. The number of carbonyl (C=O) groups is 2. The highest BCUT2D eigenvalue weighted by Gasteiger charge is 2.35. The van der Waals surface area contributed by atoms with Gasteiger partial charge in [-0.05, 0) is 55.5 Å². The second kappa shape index (κ2) is 6.70. The van der Waals surface area contributed by atoms with Crippen molar-refractivity contribution >= 4 is 51.9 Å². The molecule has 0 saturated carbocycles. The van der Waals surface area contributed by atoms with Crippen molar-refractivity contribution in [2.75, 3.05) is 18.5 Å². The van der Waals surface area contributed by atoms with Crippen LogP contribution < -0.4 is 4.90 Å². The Hall–Kier alpha value is -1.86. The largest absolute Gasteiger partial charge is 0.480 e. The number of hydrogen-bond donors (Lipinski definition) is 1. The van der Waals surface area contributed by atoms with Crippen LogP contribution in [0.3, 0.4) is 0 Å². The molecule has 0 bridgehead atoms. The zero-order valence-corrected chi connectivity index (χ0v) is 16.9. The van der Waals surface area contributed by atoms with Crippen molar-refractivity contribution in [3.05, 3.63) is 34.2 Å². The first-order chi connectivity index (χ1) is 12.1. The van der Waals surface area contributed by atoms with E-state index in [2.05, 4.69) is 44.9 Å². The molecule has 138 valence electrons. The van der Waals surface area contributed by atoms with Gasteiger partial charge < -0.3 is 10.0 Å². The highest BCUT2D eigenvalue weighted by Crippen LogP contribution is 2.43. The molecule has 3 rings (SSSR count). The quantitative estimate of drug-likeness (QED) is 0.627. The number of thioether (sulfide) groups is 1. The molecule has 1 unspecified atom stereocenters. The molecule has 0 spiro atoms. The van der Waals surface area contributed by atoms with Gasteiger partial charge in [-0.25, -0.2) is 0 Å². The van der Waals surface area contributed by atoms with E-state index in [1.54, 1.807) is 6.08 Å². The monoisotopic (exact) mass is 390 g/mol. The average molecular weight is 391 g/mol. The summed E-state index contributed by atoms with van der Waals surface area (Å²) in [6.07, 6.45) is 2.86. The second-order valence-corrected chi connectivity index (χ2v) is 9.13. The van der Waals surface area contributed by atoms with Crippen molar-refractivity contribution in [2.24, 2.45) is 0 Å². The smallest absolute Gasteiger partial charge is 0.323 e. The second-order valence-electron chi connectivity index (χ2n) is 7.46. The third kappa shape index (κ3) is 3.38. The molecule has 1 atom stereocenters. The van der Waals surface area contributed by atoms with Gasteiger partial charge in [0, 0.05) is 18.3 Å². The summed E-state index contributed by atoms with van der Waals surface area (Å²) in [4.78, 5) is 27.2. The predicted molar refractivity (Wildman–Crippen MR) is 109 cm³/mol. The molecule has 1 aromatic carbocycles. The minimum absolute atomic E-state index is 0.104. The lowest BCUT2D eigenvalue weighted by atomic mass is 9.80. The average Bonchev–Trinajstić information content (AvgIpc) is 2.80. The summed E-state index contributed by atoms with van der Waals surface area (Å²) in [5, 5.41) is 8.93. The molecule has 2 heterocycles. The Labute approximate surface area is 163 Å². The molecule has 5 nitrogen and oxygen atoms in total. The lowest BCUT2D eigenvalue weighted by Gasteiger charge is -2.45. The van der Waals surface area contributed by atoms with Crippen LogP contribution >= 0.6 is 24.0 Å². The summed E-state index contributed by atoms with van der Waals surface area (Å²) in [5.41, 5.74) is 3.51.